The zero-order valence-corrected chi connectivity index (χ0v) is 12.8. The molecule has 22 heavy (non-hydrogen) atoms. The van der Waals surface area contributed by atoms with Crippen molar-refractivity contribution in [3.8, 4) is 0 Å². The van der Waals surface area contributed by atoms with Crippen molar-refractivity contribution in [1.82, 2.24) is 15.1 Å². The molecule has 0 unspecified atom stereocenters. The van der Waals surface area contributed by atoms with E-state index in [1.807, 2.05) is 0 Å². The molecule has 2 aliphatic carbocycles. The van der Waals surface area contributed by atoms with Crippen LogP contribution in [0.15, 0.2) is 12.3 Å². The van der Waals surface area contributed by atoms with E-state index in [0.717, 1.165) is 11.8 Å². The minimum Gasteiger partial charge on any atom is -0.358 e. The molecule has 0 spiro atoms. The van der Waals surface area contributed by atoms with Crippen LogP contribution in [0.5, 0.6) is 0 Å². The summed E-state index contributed by atoms with van der Waals surface area (Å²) >= 11 is 0. The normalized spacial score (nSPS) is 27.8. The average Bonchev–Trinajstić information content (AvgIpc) is 3.20. The molecule has 1 aromatic rings. The van der Waals surface area contributed by atoms with Crippen LogP contribution < -0.4 is 5.32 Å². The number of nitrogens with zero attached hydrogens (tertiary/aromatic N) is 3. The number of hydrogen-bond donors (Lipinski definition) is 1. The molecular weight excluding hydrogens is 284 g/mol. The number of amides is 1. The molecule has 2 saturated carbocycles. The summed E-state index contributed by atoms with van der Waals surface area (Å²) in [4.78, 5) is 22.1. The van der Waals surface area contributed by atoms with Gasteiger partial charge in [-0.1, -0.05) is 6.42 Å². The van der Waals surface area contributed by atoms with Gasteiger partial charge in [-0.25, -0.2) is 0 Å². The molecule has 7 nitrogen and oxygen atoms in total. The van der Waals surface area contributed by atoms with E-state index in [2.05, 4.69) is 17.3 Å². The molecule has 0 saturated heterocycles. The van der Waals surface area contributed by atoms with Gasteiger partial charge in [-0.3, -0.25) is 4.79 Å². The second kappa shape index (κ2) is 6.06. The van der Waals surface area contributed by atoms with Gasteiger partial charge < -0.3 is 15.4 Å². The van der Waals surface area contributed by atoms with E-state index >= 15 is 0 Å². The quantitative estimate of drug-likeness (QED) is 0.644. The molecule has 2 fully saturated rings. The van der Waals surface area contributed by atoms with Gasteiger partial charge in [-0.15, -0.1) is 0 Å². The molecule has 0 aromatic carbocycles. The predicted octanol–water partition coefficient (Wildman–Crippen LogP) is 2.12. The van der Waals surface area contributed by atoms with E-state index in [1.165, 1.54) is 42.6 Å². The van der Waals surface area contributed by atoms with E-state index in [9.17, 15) is 14.9 Å². The topological polar surface area (TPSA) is 90.1 Å². The van der Waals surface area contributed by atoms with Crippen molar-refractivity contribution in [2.24, 2.45) is 17.8 Å². The Kier molecular flexibility index (Phi) is 4.13. The lowest BCUT2D eigenvalue weighted by Gasteiger charge is -2.28. The van der Waals surface area contributed by atoms with Gasteiger partial charge in [0.2, 0.25) is 5.91 Å². The first-order valence-electron chi connectivity index (χ1n) is 8.00. The molecule has 1 heterocycles. The van der Waals surface area contributed by atoms with E-state index < -0.39 is 4.92 Å². The monoisotopic (exact) mass is 306 g/mol. The third-order valence-corrected chi connectivity index (χ3v) is 5.21. The Balaban J connectivity index is 1.45. The summed E-state index contributed by atoms with van der Waals surface area (Å²) in [5.41, 5.74) is 0. The second-order valence-electron chi connectivity index (χ2n) is 6.64. The highest BCUT2D eigenvalue weighted by atomic mass is 16.6. The molecule has 2 bridgehead atoms. The van der Waals surface area contributed by atoms with Crippen LogP contribution in [0.2, 0.25) is 0 Å². The van der Waals surface area contributed by atoms with Crippen LogP contribution in [-0.2, 0) is 11.3 Å². The maximum atomic E-state index is 12.0. The van der Waals surface area contributed by atoms with Crippen LogP contribution in [0.1, 0.15) is 39.0 Å². The van der Waals surface area contributed by atoms with Crippen molar-refractivity contribution in [1.29, 1.82) is 0 Å². The Hall–Kier alpha value is -1.92. The molecule has 1 N–H and O–H groups in total. The summed E-state index contributed by atoms with van der Waals surface area (Å²) in [7, 11) is 0. The van der Waals surface area contributed by atoms with Gasteiger partial charge in [-0.05, 0) is 48.9 Å². The molecular formula is C15H22N4O3. The van der Waals surface area contributed by atoms with Gasteiger partial charge in [0, 0.05) is 12.5 Å². The summed E-state index contributed by atoms with van der Waals surface area (Å²) in [6, 6.07) is 1.56. The van der Waals surface area contributed by atoms with Gasteiger partial charge >= 0.3 is 5.82 Å². The van der Waals surface area contributed by atoms with Crippen molar-refractivity contribution in [2.75, 3.05) is 0 Å². The van der Waals surface area contributed by atoms with Gasteiger partial charge in [0.15, 0.2) is 0 Å². The fourth-order valence-corrected chi connectivity index (χ4v) is 4.13. The van der Waals surface area contributed by atoms with Crippen LogP contribution >= 0.6 is 0 Å². The largest absolute Gasteiger partial charge is 0.389 e. The Bertz CT molecular complexity index is 571. The molecule has 7 heteroatoms. The van der Waals surface area contributed by atoms with E-state index in [4.69, 9.17) is 0 Å². The third-order valence-electron chi connectivity index (χ3n) is 5.21. The molecule has 3 rings (SSSR count). The molecule has 0 aliphatic heterocycles. The Morgan fingerprint density at radius 1 is 1.55 bits per heavy atom. The maximum absolute atomic E-state index is 12.0. The standard InChI is InChI=1S/C15H22N4O3/c1-10(13-9-11-2-3-12(13)8-11)16-15(20)5-7-18-6-4-14(17-18)19(21)22/h4,6,10-13H,2-3,5,7-9H2,1H3,(H,16,20)/t10-,11-,12-,13+/m1/s1. The number of carbonyl (C=O) groups excluding carboxylic acids is 1. The van der Waals surface area contributed by atoms with Gasteiger partial charge in [-0.2, -0.15) is 4.68 Å². The molecule has 0 radical (unpaired) electrons. The van der Waals surface area contributed by atoms with Crippen LogP contribution in [0.25, 0.3) is 0 Å². The summed E-state index contributed by atoms with van der Waals surface area (Å²) in [6.45, 7) is 2.46. The third kappa shape index (κ3) is 3.13. The zero-order chi connectivity index (χ0) is 15.7. The number of aryl methyl sites for hydroxylation is 1. The van der Waals surface area contributed by atoms with Crippen LogP contribution in [0.4, 0.5) is 5.82 Å². The molecule has 2 aliphatic rings. The summed E-state index contributed by atoms with van der Waals surface area (Å²) < 4.78 is 1.44. The Morgan fingerprint density at radius 3 is 2.95 bits per heavy atom. The molecule has 1 amide bonds. The van der Waals surface area contributed by atoms with E-state index in [-0.39, 0.29) is 17.8 Å². The molecule has 1 aromatic heterocycles. The second-order valence-corrected chi connectivity index (χ2v) is 6.64. The van der Waals surface area contributed by atoms with Crippen LogP contribution in [0, 0.1) is 27.9 Å². The van der Waals surface area contributed by atoms with Crippen LogP contribution in [-0.4, -0.2) is 26.7 Å². The maximum Gasteiger partial charge on any atom is 0.389 e. The van der Waals surface area contributed by atoms with Gasteiger partial charge in [0.25, 0.3) is 0 Å². The fraction of sp³-hybridized carbons (Fsp3) is 0.733. The van der Waals surface area contributed by atoms with E-state index in [0.29, 0.717) is 18.9 Å². The van der Waals surface area contributed by atoms with Crippen molar-refractivity contribution in [3.05, 3.63) is 22.4 Å². The number of carbonyl (C=O) groups is 1. The minimum atomic E-state index is -0.534. The SMILES string of the molecule is C[C@@H](NC(=O)CCn1ccc([N+](=O)[O-])n1)[C@@H]1C[C@@H]2CC[C@@H]1C2. The van der Waals surface area contributed by atoms with Crippen molar-refractivity contribution in [3.63, 3.8) is 0 Å². The zero-order valence-electron chi connectivity index (χ0n) is 12.8. The number of hydrogen-bond acceptors (Lipinski definition) is 4. The lowest BCUT2D eigenvalue weighted by atomic mass is 9.84. The Morgan fingerprint density at radius 2 is 2.36 bits per heavy atom. The minimum absolute atomic E-state index is 0.00609. The van der Waals surface area contributed by atoms with Crippen molar-refractivity contribution < 1.29 is 9.72 Å². The highest BCUT2D eigenvalue weighted by molar-refractivity contribution is 5.76. The number of aromatic nitrogens is 2. The number of nitro groups is 1. The predicted molar refractivity (Wildman–Crippen MR) is 80.0 cm³/mol. The summed E-state index contributed by atoms with van der Waals surface area (Å²) in [5.74, 6) is 2.09. The number of rotatable bonds is 6. The highest BCUT2D eigenvalue weighted by Crippen LogP contribution is 2.49. The van der Waals surface area contributed by atoms with Gasteiger partial charge in [0.1, 0.15) is 0 Å². The smallest absolute Gasteiger partial charge is 0.358 e. The lowest BCUT2D eigenvalue weighted by molar-refractivity contribution is -0.389. The number of fused-ring (bicyclic) bond motifs is 2. The van der Waals surface area contributed by atoms with Crippen molar-refractivity contribution >= 4 is 11.7 Å². The Labute approximate surface area is 129 Å². The highest BCUT2D eigenvalue weighted by Gasteiger charge is 2.42. The fourth-order valence-electron chi connectivity index (χ4n) is 4.13. The van der Waals surface area contributed by atoms with Crippen LogP contribution in [0.3, 0.4) is 0 Å². The molecule has 120 valence electrons. The first-order valence-corrected chi connectivity index (χ1v) is 8.00. The molecule has 4 atom stereocenters. The summed E-state index contributed by atoms with van der Waals surface area (Å²) in [6.07, 6.45) is 7.08. The lowest BCUT2D eigenvalue weighted by Crippen LogP contribution is -2.40. The number of nitrogens with one attached hydrogen (secondary N) is 1. The first-order chi connectivity index (χ1) is 10.5. The van der Waals surface area contributed by atoms with Gasteiger partial charge in [0.05, 0.1) is 23.9 Å². The summed E-state index contributed by atoms with van der Waals surface area (Å²) in [5, 5.41) is 17.5. The van der Waals surface area contributed by atoms with Crippen molar-refractivity contribution in [2.45, 2.75) is 51.6 Å². The first kappa shape index (κ1) is 15.0. The van der Waals surface area contributed by atoms with E-state index in [1.54, 1.807) is 0 Å². The average molecular weight is 306 g/mol.